The number of fused-ring (bicyclic) bond motifs is 5. The Bertz CT molecular complexity index is 738. The van der Waals surface area contributed by atoms with Crippen LogP contribution in [0.3, 0.4) is 0 Å². The van der Waals surface area contributed by atoms with E-state index in [1.54, 1.807) is 0 Å². The van der Waals surface area contributed by atoms with E-state index in [-0.39, 0.29) is 0 Å². The van der Waals surface area contributed by atoms with E-state index < -0.39 is 0 Å². The van der Waals surface area contributed by atoms with Gasteiger partial charge in [-0.3, -0.25) is 0 Å². The second-order valence-electron chi connectivity index (χ2n) is 4.67. The summed E-state index contributed by atoms with van der Waals surface area (Å²) in [7, 11) is 0. The van der Waals surface area contributed by atoms with E-state index in [1.165, 1.54) is 22.4 Å². The van der Waals surface area contributed by atoms with Crippen LogP contribution in [0.1, 0.15) is 16.8 Å². The normalized spacial score (nSPS) is 12.8. The molecule has 0 saturated heterocycles. The Balaban J connectivity index is 2.09. The predicted octanol–water partition coefficient (Wildman–Crippen LogP) is 3.21. The topological polar surface area (TPSA) is 17.3 Å². The molecule has 4 rings (SSSR count). The van der Waals surface area contributed by atoms with E-state index in [9.17, 15) is 0 Å². The van der Waals surface area contributed by atoms with E-state index in [0.717, 1.165) is 17.8 Å². The fraction of sp³-hybridized carbons (Fsp3) is 0.133. The number of hydrogen-bond acceptors (Lipinski definition) is 1. The highest BCUT2D eigenvalue weighted by Crippen LogP contribution is 2.36. The number of nitrogens with zero attached hydrogens (tertiary/aromatic N) is 2. The van der Waals surface area contributed by atoms with Crippen LogP contribution < -0.4 is 0 Å². The molecule has 2 nitrogen and oxygen atoms in total. The average molecular weight is 220 g/mol. The number of imidazole rings is 1. The third kappa shape index (κ3) is 1.12. The lowest BCUT2D eigenvalue weighted by Crippen LogP contribution is -1.90. The van der Waals surface area contributed by atoms with Gasteiger partial charge >= 0.3 is 0 Å². The Morgan fingerprint density at radius 1 is 1.18 bits per heavy atom. The van der Waals surface area contributed by atoms with Gasteiger partial charge in [0.05, 0.1) is 11.4 Å². The van der Waals surface area contributed by atoms with Gasteiger partial charge in [-0.25, -0.2) is 4.98 Å². The zero-order chi connectivity index (χ0) is 11.4. The first-order chi connectivity index (χ1) is 8.33. The van der Waals surface area contributed by atoms with Crippen molar-refractivity contribution in [2.45, 2.75) is 13.3 Å². The molecule has 0 bridgehead atoms. The molecule has 0 radical (unpaired) electrons. The Labute approximate surface area is 99.6 Å². The lowest BCUT2D eigenvalue weighted by molar-refractivity contribution is 1.05. The number of aromatic nitrogens is 2. The molecule has 3 aromatic rings. The Hall–Kier alpha value is -2.09. The summed E-state index contributed by atoms with van der Waals surface area (Å²) < 4.78 is 2.20. The molecule has 2 heteroatoms. The molecule has 0 aliphatic heterocycles. The molecule has 17 heavy (non-hydrogen) atoms. The van der Waals surface area contributed by atoms with Crippen molar-refractivity contribution in [1.82, 2.24) is 9.38 Å². The van der Waals surface area contributed by atoms with Crippen LogP contribution in [0.25, 0.3) is 16.9 Å². The van der Waals surface area contributed by atoms with Gasteiger partial charge in [0.25, 0.3) is 0 Å². The van der Waals surface area contributed by atoms with Crippen molar-refractivity contribution in [3.05, 3.63) is 59.4 Å². The van der Waals surface area contributed by atoms with E-state index in [4.69, 9.17) is 4.98 Å². The van der Waals surface area contributed by atoms with E-state index in [2.05, 4.69) is 47.9 Å². The van der Waals surface area contributed by atoms with Gasteiger partial charge < -0.3 is 4.40 Å². The molecule has 82 valence electrons. The molecule has 0 amide bonds. The van der Waals surface area contributed by atoms with E-state index in [1.807, 2.05) is 6.07 Å². The number of pyridine rings is 1. The first kappa shape index (κ1) is 8.99. The zero-order valence-corrected chi connectivity index (χ0v) is 9.64. The standard InChI is InChI=1S/C15H12N2/c1-10-5-6-11-9-13-15(12(11)8-10)16-14-4-2-3-7-17(13)14/h2-8H,9H2,1H3. The largest absolute Gasteiger partial charge is 0.303 e. The molecule has 2 aromatic heterocycles. The Morgan fingerprint density at radius 3 is 3.06 bits per heavy atom. The summed E-state index contributed by atoms with van der Waals surface area (Å²) in [4.78, 5) is 4.74. The number of aryl methyl sites for hydroxylation is 1. The van der Waals surface area contributed by atoms with Crippen LogP contribution >= 0.6 is 0 Å². The lowest BCUT2D eigenvalue weighted by atomic mass is 10.1. The first-order valence-corrected chi connectivity index (χ1v) is 5.89. The summed E-state index contributed by atoms with van der Waals surface area (Å²) in [5.41, 5.74) is 7.53. The third-order valence-electron chi connectivity index (χ3n) is 3.51. The minimum Gasteiger partial charge on any atom is -0.303 e. The van der Waals surface area contributed by atoms with Crippen molar-refractivity contribution in [1.29, 1.82) is 0 Å². The van der Waals surface area contributed by atoms with Gasteiger partial charge in [0.1, 0.15) is 5.65 Å². The SMILES string of the molecule is Cc1ccc2c(c1)-c1nc3ccccn3c1C2. The second kappa shape index (κ2) is 2.98. The molecule has 1 aromatic carbocycles. The summed E-state index contributed by atoms with van der Waals surface area (Å²) in [6, 6.07) is 12.8. The van der Waals surface area contributed by atoms with Gasteiger partial charge in [0, 0.05) is 18.2 Å². The van der Waals surface area contributed by atoms with Gasteiger partial charge in [0.2, 0.25) is 0 Å². The van der Waals surface area contributed by atoms with Gasteiger partial charge in [-0.15, -0.1) is 0 Å². The highest BCUT2D eigenvalue weighted by Gasteiger charge is 2.23. The fourth-order valence-corrected chi connectivity index (χ4v) is 2.68. The van der Waals surface area contributed by atoms with Gasteiger partial charge in [-0.1, -0.05) is 23.8 Å². The van der Waals surface area contributed by atoms with Crippen molar-refractivity contribution in [2.75, 3.05) is 0 Å². The van der Waals surface area contributed by atoms with Gasteiger partial charge in [-0.2, -0.15) is 0 Å². The molecule has 0 fully saturated rings. The van der Waals surface area contributed by atoms with Crippen LogP contribution in [-0.2, 0) is 6.42 Å². The maximum atomic E-state index is 4.74. The second-order valence-corrected chi connectivity index (χ2v) is 4.67. The highest BCUT2D eigenvalue weighted by atomic mass is 15.0. The van der Waals surface area contributed by atoms with Gasteiger partial charge in [-0.05, 0) is 30.7 Å². The molecule has 0 saturated carbocycles. The predicted molar refractivity (Wildman–Crippen MR) is 68.2 cm³/mol. The summed E-state index contributed by atoms with van der Waals surface area (Å²) in [6.07, 6.45) is 3.09. The highest BCUT2D eigenvalue weighted by molar-refractivity contribution is 5.75. The van der Waals surface area contributed by atoms with Crippen molar-refractivity contribution in [3.8, 4) is 11.3 Å². The van der Waals surface area contributed by atoms with E-state index >= 15 is 0 Å². The van der Waals surface area contributed by atoms with Gasteiger partial charge in [0.15, 0.2) is 0 Å². The number of hydrogen-bond donors (Lipinski definition) is 0. The summed E-state index contributed by atoms with van der Waals surface area (Å²) in [6.45, 7) is 2.13. The monoisotopic (exact) mass is 220 g/mol. The number of rotatable bonds is 0. The molecule has 0 spiro atoms. The quantitative estimate of drug-likeness (QED) is 0.445. The van der Waals surface area contributed by atoms with Crippen LogP contribution in [0.4, 0.5) is 0 Å². The smallest absolute Gasteiger partial charge is 0.137 e. The molecule has 0 atom stereocenters. The maximum absolute atomic E-state index is 4.74. The lowest BCUT2D eigenvalue weighted by Gasteiger charge is -2.00. The zero-order valence-electron chi connectivity index (χ0n) is 9.64. The summed E-state index contributed by atoms with van der Waals surface area (Å²) >= 11 is 0. The first-order valence-electron chi connectivity index (χ1n) is 5.89. The van der Waals surface area contributed by atoms with Crippen molar-refractivity contribution < 1.29 is 0 Å². The van der Waals surface area contributed by atoms with Crippen LogP contribution in [0.15, 0.2) is 42.6 Å². The maximum Gasteiger partial charge on any atom is 0.137 e. The van der Waals surface area contributed by atoms with Crippen LogP contribution in [0.2, 0.25) is 0 Å². The summed E-state index contributed by atoms with van der Waals surface area (Å²) in [5.74, 6) is 0. The van der Waals surface area contributed by atoms with Crippen molar-refractivity contribution in [3.63, 3.8) is 0 Å². The van der Waals surface area contributed by atoms with Crippen LogP contribution in [-0.4, -0.2) is 9.38 Å². The molecule has 2 heterocycles. The minimum absolute atomic E-state index is 0.996. The van der Waals surface area contributed by atoms with Crippen LogP contribution in [0.5, 0.6) is 0 Å². The van der Waals surface area contributed by atoms with Crippen molar-refractivity contribution in [2.24, 2.45) is 0 Å². The third-order valence-corrected chi connectivity index (χ3v) is 3.51. The molecule has 1 aliphatic rings. The molecule has 0 N–H and O–H groups in total. The number of benzene rings is 1. The Kier molecular flexibility index (Phi) is 1.57. The van der Waals surface area contributed by atoms with E-state index in [0.29, 0.717) is 0 Å². The van der Waals surface area contributed by atoms with Crippen molar-refractivity contribution >= 4 is 5.65 Å². The van der Waals surface area contributed by atoms with Crippen LogP contribution in [0, 0.1) is 6.92 Å². The Morgan fingerprint density at radius 2 is 2.12 bits per heavy atom. The minimum atomic E-state index is 0.996. The average Bonchev–Trinajstić information content (AvgIpc) is 2.85. The molecule has 1 aliphatic carbocycles. The molecular formula is C15H12N2. The summed E-state index contributed by atoms with van der Waals surface area (Å²) in [5, 5.41) is 0. The molecule has 0 unspecified atom stereocenters. The molecular weight excluding hydrogens is 208 g/mol. The fourth-order valence-electron chi connectivity index (χ4n) is 2.68.